The number of nitrogens with one attached hydrogen (secondary N) is 2. The molecule has 0 spiro atoms. The number of hydrogen-bond acceptors (Lipinski definition) is 10. The number of benzene rings is 3. The molecule has 0 aliphatic rings. The van der Waals surface area contributed by atoms with E-state index in [0.29, 0.717) is 0 Å². The molecule has 2 amide bonds. The van der Waals surface area contributed by atoms with Gasteiger partial charge in [0.05, 0.1) is 23.9 Å². The largest absolute Gasteiger partial charge is 0.545 e. The Labute approximate surface area is 201 Å². The molecule has 12 nitrogen and oxygen atoms in total. The third-order valence-corrected chi connectivity index (χ3v) is 4.71. The maximum Gasteiger partial charge on any atom is 0.255 e. The van der Waals surface area contributed by atoms with Gasteiger partial charge < -0.3 is 50.2 Å². The first-order valence-corrected chi connectivity index (χ1v) is 9.83. The molecule has 0 heterocycles. The van der Waals surface area contributed by atoms with Crippen LogP contribution in [0.3, 0.4) is 0 Å². The number of carboxylic acid groups (broad SMARTS) is 4. The van der Waals surface area contributed by atoms with Crippen LogP contribution in [0, 0.1) is 0 Å². The lowest BCUT2D eigenvalue weighted by Crippen LogP contribution is -2.26. The van der Waals surface area contributed by atoms with E-state index < -0.39 is 57.9 Å². The molecule has 3 aromatic carbocycles. The second kappa shape index (κ2) is 10.2. The molecule has 3 aromatic rings. The number of amides is 2. The van der Waals surface area contributed by atoms with E-state index in [-0.39, 0.29) is 22.5 Å². The van der Waals surface area contributed by atoms with Crippen LogP contribution in [-0.4, -0.2) is 35.7 Å². The number of aromatic carboxylic acids is 4. The van der Waals surface area contributed by atoms with Crippen LogP contribution in [0.5, 0.6) is 0 Å². The Morgan fingerprint density at radius 2 is 0.722 bits per heavy atom. The Hall–Kier alpha value is -5.52. The van der Waals surface area contributed by atoms with Gasteiger partial charge in [-0.25, -0.2) is 0 Å². The zero-order valence-corrected chi connectivity index (χ0v) is 17.9. The molecular weight excluding hydrogens is 476 g/mol. The second-order valence-corrected chi connectivity index (χ2v) is 7.24. The SMILES string of the molecule is O=C([O-])c1cc(NC(=O)c2cccc(C(=O)Nc3cc(C(=O)[O-])cc(C(=O)[O-])c3)c2)cc(C(=O)[O-])c1. The Kier molecular flexibility index (Phi) is 7.10. The summed E-state index contributed by atoms with van der Waals surface area (Å²) in [6.45, 7) is 0. The van der Waals surface area contributed by atoms with Crippen molar-refractivity contribution in [2.45, 2.75) is 0 Å². The molecule has 0 unspecified atom stereocenters. The lowest BCUT2D eigenvalue weighted by atomic mass is 10.1. The fourth-order valence-corrected chi connectivity index (χ4v) is 3.08. The lowest BCUT2D eigenvalue weighted by Gasteiger charge is -2.13. The van der Waals surface area contributed by atoms with Gasteiger partial charge in [-0.3, -0.25) is 9.59 Å². The Morgan fingerprint density at radius 1 is 0.444 bits per heavy atom. The normalized spacial score (nSPS) is 10.2. The maximum absolute atomic E-state index is 12.6. The van der Waals surface area contributed by atoms with Crippen LogP contribution in [-0.2, 0) is 0 Å². The molecule has 0 bridgehead atoms. The third kappa shape index (κ3) is 5.88. The molecule has 0 atom stereocenters. The maximum atomic E-state index is 12.6. The van der Waals surface area contributed by atoms with E-state index in [1.165, 1.54) is 18.2 Å². The number of carboxylic acids is 4. The molecule has 0 radical (unpaired) electrons. The van der Waals surface area contributed by atoms with Crippen LogP contribution >= 0.6 is 0 Å². The van der Waals surface area contributed by atoms with Gasteiger partial charge in [0.2, 0.25) is 0 Å². The van der Waals surface area contributed by atoms with E-state index in [1.807, 2.05) is 0 Å². The summed E-state index contributed by atoms with van der Waals surface area (Å²) in [5.41, 5.74) is -2.63. The molecular formula is C24H12N2O10-4. The molecule has 12 heteroatoms. The molecule has 0 saturated heterocycles. The summed E-state index contributed by atoms with van der Waals surface area (Å²) in [6.07, 6.45) is 0. The van der Waals surface area contributed by atoms with Crippen molar-refractivity contribution >= 4 is 47.1 Å². The van der Waals surface area contributed by atoms with Gasteiger partial charge in [-0.2, -0.15) is 0 Å². The van der Waals surface area contributed by atoms with Crippen molar-refractivity contribution in [2.24, 2.45) is 0 Å². The van der Waals surface area contributed by atoms with Gasteiger partial charge in [0.15, 0.2) is 0 Å². The van der Waals surface area contributed by atoms with Crippen molar-refractivity contribution in [3.8, 4) is 0 Å². The zero-order chi connectivity index (χ0) is 26.6. The van der Waals surface area contributed by atoms with Crippen LogP contribution in [0.1, 0.15) is 62.1 Å². The standard InChI is InChI=1S/C24H16N2O10/c27-19(25-17-7-13(21(29)30)5-14(8-17)22(31)32)11-2-1-3-12(4-11)20(28)26-18-9-15(23(33)34)6-16(10-18)24(35)36/h1-10H,(H,25,27)(H,26,28)(H,29,30)(H,31,32)(H,33,34)(H,35,36)/p-4. The van der Waals surface area contributed by atoms with Crippen molar-refractivity contribution < 1.29 is 49.2 Å². The average molecular weight is 488 g/mol. The topological polar surface area (TPSA) is 219 Å². The smallest absolute Gasteiger partial charge is 0.255 e. The number of rotatable bonds is 8. The number of carbonyl (C=O) groups is 6. The number of anilines is 2. The summed E-state index contributed by atoms with van der Waals surface area (Å²) < 4.78 is 0. The van der Waals surface area contributed by atoms with E-state index in [9.17, 15) is 49.2 Å². The van der Waals surface area contributed by atoms with Gasteiger partial charge in [0.25, 0.3) is 11.8 Å². The summed E-state index contributed by atoms with van der Waals surface area (Å²) in [6, 6.07) is 10.5. The second-order valence-electron chi connectivity index (χ2n) is 7.24. The van der Waals surface area contributed by atoms with Gasteiger partial charge in [-0.05, 0) is 76.9 Å². The van der Waals surface area contributed by atoms with E-state index in [4.69, 9.17) is 0 Å². The Morgan fingerprint density at radius 3 is 1.00 bits per heavy atom. The number of carbonyl (C=O) groups excluding carboxylic acids is 6. The summed E-state index contributed by atoms with van der Waals surface area (Å²) in [4.78, 5) is 69.7. The summed E-state index contributed by atoms with van der Waals surface area (Å²) >= 11 is 0. The van der Waals surface area contributed by atoms with Crippen LogP contribution in [0.25, 0.3) is 0 Å². The predicted octanol–water partition coefficient (Wildman–Crippen LogP) is -2.35. The highest BCUT2D eigenvalue weighted by atomic mass is 16.4. The molecule has 3 rings (SSSR count). The molecule has 36 heavy (non-hydrogen) atoms. The van der Waals surface area contributed by atoms with Gasteiger partial charge in [-0.1, -0.05) is 6.07 Å². The molecule has 0 saturated carbocycles. The van der Waals surface area contributed by atoms with Gasteiger partial charge in [-0.15, -0.1) is 0 Å². The fourth-order valence-electron chi connectivity index (χ4n) is 3.08. The van der Waals surface area contributed by atoms with Crippen LogP contribution in [0.15, 0.2) is 60.7 Å². The fraction of sp³-hybridized carbons (Fsp3) is 0. The minimum absolute atomic E-state index is 0.0876. The molecule has 0 aliphatic heterocycles. The predicted molar refractivity (Wildman–Crippen MR) is 113 cm³/mol. The quantitative estimate of drug-likeness (QED) is 0.343. The molecule has 0 aromatic heterocycles. The van der Waals surface area contributed by atoms with Crippen molar-refractivity contribution in [1.29, 1.82) is 0 Å². The van der Waals surface area contributed by atoms with Gasteiger partial charge in [0.1, 0.15) is 0 Å². The van der Waals surface area contributed by atoms with Crippen molar-refractivity contribution in [2.75, 3.05) is 10.6 Å². The zero-order valence-electron chi connectivity index (χ0n) is 17.9. The van der Waals surface area contributed by atoms with Gasteiger partial charge >= 0.3 is 0 Å². The van der Waals surface area contributed by atoms with Crippen LogP contribution in [0.2, 0.25) is 0 Å². The Balaban J connectivity index is 1.85. The minimum atomic E-state index is -1.68. The highest BCUT2D eigenvalue weighted by molar-refractivity contribution is 6.09. The van der Waals surface area contributed by atoms with E-state index in [1.54, 1.807) is 0 Å². The highest BCUT2D eigenvalue weighted by Gasteiger charge is 2.13. The van der Waals surface area contributed by atoms with E-state index >= 15 is 0 Å². The van der Waals surface area contributed by atoms with Gasteiger partial charge in [0, 0.05) is 22.5 Å². The lowest BCUT2D eigenvalue weighted by molar-refractivity contribution is -0.257. The molecule has 0 aliphatic carbocycles. The minimum Gasteiger partial charge on any atom is -0.545 e. The monoisotopic (exact) mass is 488 g/mol. The van der Waals surface area contributed by atoms with Crippen LogP contribution < -0.4 is 31.1 Å². The third-order valence-electron chi connectivity index (χ3n) is 4.71. The number of hydrogen-bond donors (Lipinski definition) is 2. The summed E-state index contributed by atoms with van der Waals surface area (Å²) in [5.74, 6) is -8.40. The van der Waals surface area contributed by atoms with Crippen molar-refractivity contribution in [1.82, 2.24) is 0 Å². The molecule has 182 valence electrons. The average Bonchev–Trinajstić information content (AvgIpc) is 2.83. The molecule has 0 fully saturated rings. The first-order valence-electron chi connectivity index (χ1n) is 9.83. The van der Waals surface area contributed by atoms with Crippen molar-refractivity contribution in [3.63, 3.8) is 0 Å². The van der Waals surface area contributed by atoms with E-state index in [2.05, 4.69) is 10.6 Å². The summed E-state index contributed by atoms with van der Waals surface area (Å²) in [7, 11) is 0. The first-order chi connectivity index (χ1) is 16.9. The summed E-state index contributed by atoms with van der Waals surface area (Å²) in [5, 5.41) is 49.1. The highest BCUT2D eigenvalue weighted by Crippen LogP contribution is 2.18. The molecule has 2 N–H and O–H groups in total. The van der Waals surface area contributed by atoms with Crippen LogP contribution in [0.4, 0.5) is 11.4 Å². The first kappa shape index (κ1) is 25.1. The van der Waals surface area contributed by atoms with Crippen molar-refractivity contribution in [3.05, 3.63) is 94.0 Å². The van der Waals surface area contributed by atoms with E-state index in [0.717, 1.165) is 42.5 Å². The Bertz CT molecular complexity index is 1280.